The first-order valence-corrected chi connectivity index (χ1v) is 8.29. The van der Waals surface area contributed by atoms with Gasteiger partial charge >= 0.3 is 6.09 Å². The summed E-state index contributed by atoms with van der Waals surface area (Å²) >= 11 is 0. The second-order valence-electron chi connectivity index (χ2n) is 7.30. The van der Waals surface area contributed by atoms with E-state index in [1.54, 1.807) is 12.4 Å². The summed E-state index contributed by atoms with van der Waals surface area (Å²) in [5.41, 5.74) is 0.744. The van der Waals surface area contributed by atoms with Crippen LogP contribution in [0.5, 0.6) is 0 Å². The Morgan fingerprint density at radius 2 is 1.78 bits per heavy atom. The number of nitrogens with one attached hydrogen (secondary N) is 2. The lowest BCUT2D eigenvalue weighted by Gasteiger charge is -2.25. The van der Waals surface area contributed by atoms with Crippen LogP contribution in [0.3, 0.4) is 0 Å². The molecule has 23 heavy (non-hydrogen) atoms. The van der Waals surface area contributed by atoms with Crippen LogP contribution in [0.15, 0.2) is 24.5 Å². The highest BCUT2D eigenvalue weighted by Gasteiger charge is 2.19. The van der Waals surface area contributed by atoms with Crippen LogP contribution in [-0.2, 0) is 4.74 Å². The SMILES string of the molecule is CC(C)C(CNC(=O)OC(C)(C)C)CN[C@@H](C)c1ccncc1. The molecule has 0 saturated carbocycles. The molecule has 5 heteroatoms. The van der Waals surface area contributed by atoms with Crippen molar-refractivity contribution in [1.82, 2.24) is 15.6 Å². The van der Waals surface area contributed by atoms with Crippen LogP contribution >= 0.6 is 0 Å². The molecule has 1 aromatic heterocycles. The molecule has 5 nitrogen and oxygen atoms in total. The van der Waals surface area contributed by atoms with Gasteiger partial charge in [0, 0.05) is 31.5 Å². The number of aromatic nitrogens is 1. The largest absolute Gasteiger partial charge is 0.444 e. The summed E-state index contributed by atoms with van der Waals surface area (Å²) in [6.07, 6.45) is 3.25. The van der Waals surface area contributed by atoms with E-state index in [0.29, 0.717) is 18.4 Å². The topological polar surface area (TPSA) is 63.2 Å². The molecule has 1 aromatic rings. The van der Waals surface area contributed by atoms with Gasteiger partial charge in [0.15, 0.2) is 0 Å². The van der Waals surface area contributed by atoms with Crippen molar-refractivity contribution in [3.63, 3.8) is 0 Å². The van der Waals surface area contributed by atoms with E-state index < -0.39 is 5.60 Å². The van der Waals surface area contributed by atoms with Gasteiger partial charge in [0.05, 0.1) is 0 Å². The second-order valence-corrected chi connectivity index (χ2v) is 7.30. The van der Waals surface area contributed by atoms with Crippen molar-refractivity contribution in [3.8, 4) is 0 Å². The Morgan fingerprint density at radius 3 is 2.30 bits per heavy atom. The first-order chi connectivity index (χ1) is 10.7. The molecule has 130 valence electrons. The Balaban J connectivity index is 2.45. The van der Waals surface area contributed by atoms with Crippen molar-refractivity contribution < 1.29 is 9.53 Å². The van der Waals surface area contributed by atoms with E-state index in [4.69, 9.17) is 4.74 Å². The number of nitrogens with zero attached hydrogens (tertiary/aromatic N) is 1. The van der Waals surface area contributed by atoms with E-state index in [1.807, 2.05) is 32.9 Å². The van der Waals surface area contributed by atoms with Crippen molar-refractivity contribution >= 4 is 6.09 Å². The molecule has 2 atom stereocenters. The lowest BCUT2D eigenvalue weighted by Crippen LogP contribution is -2.40. The third-order valence-electron chi connectivity index (χ3n) is 3.74. The average molecular weight is 321 g/mol. The van der Waals surface area contributed by atoms with Crippen LogP contribution in [-0.4, -0.2) is 29.8 Å². The molecular formula is C18H31N3O2. The molecule has 0 aliphatic heterocycles. The minimum absolute atomic E-state index is 0.251. The Morgan fingerprint density at radius 1 is 1.17 bits per heavy atom. The molecule has 0 aliphatic rings. The summed E-state index contributed by atoms with van der Waals surface area (Å²) < 4.78 is 5.29. The van der Waals surface area contributed by atoms with Crippen LogP contribution in [0.1, 0.15) is 53.1 Å². The third kappa shape index (κ3) is 7.98. The van der Waals surface area contributed by atoms with Crippen LogP contribution in [0.2, 0.25) is 0 Å². The van der Waals surface area contributed by atoms with Gasteiger partial charge in [-0.1, -0.05) is 13.8 Å². The van der Waals surface area contributed by atoms with E-state index in [-0.39, 0.29) is 12.1 Å². The maximum atomic E-state index is 11.8. The Hall–Kier alpha value is -1.62. The molecule has 1 rings (SSSR count). The number of carbonyl (C=O) groups is 1. The van der Waals surface area contributed by atoms with Gasteiger partial charge < -0.3 is 15.4 Å². The zero-order valence-corrected chi connectivity index (χ0v) is 15.2. The van der Waals surface area contributed by atoms with Crippen molar-refractivity contribution in [2.45, 2.75) is 53.2 Å². The minimum Gasteiger partial charge on any atom is -0.444 e. The highest BCUT2D eigenvalue weighted by Crippen LogP contribution is 2.14. The molecule has 1 unspecified atom stereocenters. The van der Waals surface area contributed by atoms with Gasteiger partial charge in [0.1, 0.15) is 5.60 Å². The molecule has 1 heterocycles. The number of pyridine rings is 1. The van der Waals surface area contributed by atoms with Gasteiger partial charge in [-0.25, -0.2) is 4.79 Å². The quantitative estimate of drug-likeness (QED) is 0.806. The summed E-state index contributed by atoms with van der Waals surface area (Å²) in [6, 6.07) is 4.28. The first kappa shape index (κ1) is 19.4. The van der Waals surface area contributed by atoms with Gasteiger partial charge in [-0.2, -0.15) is 0 Å². The van der Waals surface area contributed by atoms with Crippen molar-refractivity contribution in [1.29, 1.82) is 0 Å². The lowest BCUT2D eigenvalue weighted by molar-refractivity contribution is 0.0514. The second kappa shape index (κ2) is 8.87. The standard InChI is InChI=1S/C18H31N3O2/c1-13(2)16(12-21-17(22)23-18(4,5)6)11-20-14(3)15-7-9-19-10-8-15/h7-10,13-14,16,20H,11-12H2,1-6H3,(H,21,22)/t14-,16?/m0/s1. The minimum atomic E-state index is -0.467. The summed E-state index contributed by atoms with van der Waals surface area (Å²) in [5, 5.41) is 6.41. The van der Waals surface area contributed by atoms with E-state index >= 15 is 0 Å². The maximum Gasteiger partial charge on any atom is 0.407 e. The number of carbonyl (C=O) groups excluding carboxylic acids is 1. The predicted molar refractivity (Wildman–Crippen MR) is 93.2 cm³/mol. The van der Waals surface area contributed by atoms with Gasteiger partial charge in [-0.15, -0.1) is 0 Å². The summed E-state index contributed by atoms with van der Waals surface area (Å²) in [7, 11) is 0. The van der Waals surface area contributed by atoms with Crippen LogP contribution < -0.4 is 10.6 Å². The zero-order valence-electron chi connectivity index (χ0n) is 15.2. The molecule has 0 fully saturated rings. The fourth-order valence-corrected chi connectivity index (χ4v) is 2.17. The van der Waals surface area contributed by atoms with E-state index in [9.17, 15) is 4.79 Å². The number of hydrogen-bond donors (Lipinski definition) is 2. The molecule has 0 aliphatic carbocycles. The Labute approximate surface area is 140 Å². The normalized spacial score (nSPS) is 14.4. The van der Waals surface area contributed by atoms with Gasteiger partial charge in [0.2, 0.25) is 0 Å². The Kier molecular flexibility index (Phi) is 7.49. The van der Waals surface area contributed by atoms with E-state index in [1.165, 1.54) is 5.56 Å². The van der Waals surface area contributed by atoms with Crippen molar-refractivity contribution in [2.75, 3.05) is 13.1 Å². The van der Waals surface area contributed by atoms with Gasteiger partial charge in [0.25, 0.3) is 0 Å². The van der Waals surface area contributed by atoms with Crippen molar-refractivity contribution in [3.05, 3.63) is 30.1 Å². The number of hydrogen-bond acceptors (Lipinski definition) is 4. The number of amides is 1. The highest BCUT2D eigenvalue weighted by molar-refractivity contribution is 5.67. The fraction of sp³-hybridized carbons (Fsp3) is 0.667. The van der Waals surface area contributed by atoms with Crippen LogP contribution in [0.4, 0.5) is 4.79 Å². The van der Waals surface area contributed by atoms with Gasteiger partial charge in [-0.3, -0.25) is 4.98 Å². The third-order valence-corrected chi connectivity index (χ3v) is 3.74. The molecular weight excluding hydrogens is 290 g/mol. The molecule has 2 N–H and O–H groups in total. The Bertz CT molecular complexity index is 469. The number of rotatable bonds is 7. The monoisotopic (exact) mass is 321 g/mol. The van der Waals surface area contributed by atoms with Crippen LogP contribution in [0, 0.1) is 11.8 Å². The number of alkyl carbamates (subject to hydrolysis) is 1. The predicted octanol–water partition coefficient (Wildman–Crippen LogP) is 3.53. The summed E-state index contributed by atoms with van der Waals surface area (Å²) in [5.74, 6) is 0.800. The molecule has 1 amide bonds. The molecule has 0 radical (unpaired) electrons. The summed E-state index contributed by atoms with van der Waals surface area (Å²) in [6.45, 7) is 13.5. The molecule has 0 bridgehead atoms. The number of ether oxygens (including phenoxy) is 1. The van der Waals surface area contributed by atoms with Crippen molar-refractivity contribution in [2.24, 2.45) is 11.8 Å². The van der Waals surface area contributed by atoms with Crippen LogP contribution in [0.25, 0.3) is 0 Å². The summed E-state index contributed by atoms with van der Waals surface area (Å²) in [4.78, 5) is 15.8. The first-order valence-electron chi connectivity index (χ1n) is 8.29. The average Bonchev–Trinajstić information content (AvgIpc) is 2.45. The lowest BCUT2D eigenvalue weighted by atomic mass is 9.95. The molecule has 0 spiro atoms. The molecule has 0 saturated heterocycles. The molecule has 0 aromatic carbocycles. The highest BCUT2D eigenvalue weighted by atomic mass is 16.6. The van der Waals surface area contributed by atoms with E-state index in [0.717, 1.165) is 6.54 Å². The van der Waals surface area contributed by atoms with E-state index in [2.05, 4.69) is 36.4 Å². The fourth-order valence-electron chi connectivity index (χ4n) is 2.17. The maximum absolute atomic E-state index is 11.8. The van der Waals surface area contributed by atoms with Gasteiger partial charge in [-0.05, 0) is 57.2 Å². The zero-order chi connectivity index (χ0) is 17.5. The smallest absolute Gasteiger partial charge is 0.407 e.